The molecule has 1 aromatic carbocycles. The molecule has 5 heteroatoms. The molecule has 1 aromatic heterocycles. The number of halogens is 2. The minimum Gasteiger partial charge on any atom is -0.439 e. The highest BCUT2D eigenvalue weighted by molar-refractivity contribution is 6.42. The van der Waals surface area contributed by atoms with Gasteiger partial charge < -0.3 is 10.5 Å². The van der Waals surface area contributed by atoms with Crippen molar-refractivity contribution in [2.75, 3.05) is 6.54 Å². The Labute approximate surface area is 122 Å². The molecule has 0 amide bonds. The molecule has 2 N–H and O–H groups in total. The minimum atomic E-state index is 0.455. The first-order valence-corrected chi connectivity index (χ1v) is 6.64. The number of rotatable bonds is 4. The van der Waals surface area contributed by atoms with Gasteiger partial charge in [-0.25, -0.2) is 4.98 Å². The van der Waals surface area contributed by atoms with Crippen molar-refractivity contribution in [2.45, 2.75) is 13.3 Å². The summed E-state index contributed by atoms with van der Waals surface area (Å²) in [7, 11) is 0. The number of aromatic nitrogens is 1. The molecule has 2 rings (SSSR count). The summed E-state index contributed by atoms with van der Waals surface area (Å²) >= 11 is 11.8. The number of nitrogens with zero attached hydrogens (tertiary/aromatic N) is 1. The molecule has 0 radical (unpaired) electrons. The number of benzene rings is 1. The summed E-state index contributed by atoms with van der Waals surface area (Å²) in [5, 5.41) is 0.952. The van der Waals surface area contributed by atoms with Gasteiger partial charge in [0.2, 0.25) is 5.88 Å². The predicted octanol–water partition coefficient (Wildman–Crippen LogP) is 3.99. The van der Waals surface area contributed by atoms with E-state index in [0.717, 1.165) is 17.5 Å². The van der Waals surface area contributed by atoms with Crippen molar-refractivity contribution in [3.63, 3.8) is 0 Å². The molecule has 0 bridgehead atoms. The van der Waals surface area contributed by atoms with Crippen molar-refractivity contribution in [1.82, 2.24) is 4.98 Å². The van der Waals surface area contributed by atoms with Gasteiger partial charge in [0.15, 0.2) is 0 Å². The molecule has 0 saturated heterocycles. The van der Waals surface area contributed by atoms with E-state index in [-0.39, 0.29) is 0 Å². The zero-order valence-electron chi connectivity index (χ0n) is 10.5. The fourth-order valence-corrected chi connectivity index (χ4v) is 1.97. The normalized spacial score (nSPS) is 10.5. The van der Waals surface area contributed by atoms with Gasteiger partial charge in [-0.3, -0.25) is 0 Å². The van der Waals surface area contributed by atoms with Crippen LogP contribution in [-0.4, -0.2) is 11.5 Å². The number of hydrogen-bond donors (Lipinski definition) is 1. The van der Waals surface area contributed by atoms with Gasteiger partial charge in [0, 0.05) is 17.8 Å². The average Bonchev–Trinajstić information content (AvgIpc) is 2.37. The minimum absolute atomic E-state index is 0.455. The Hall–Kier alpha value is -1.29. The van der Waals surface area contributed by atoms with Crippen LogP contribution in [0.25, 0.3) is 0 Å². The second-order valence-electron chi connectivity index (χ2n) is 4.18. The van der Waals surface area contributed by atoms with Gasteiger partial charge in [0.1, 0.15) is 5.75 Å². The zero-order chi connectivity index (χ0) is 13.8. The van der Waals surface area contributed by atoms with Crippen molar-refractivity contribution in [2.24, 2.45) is 5.73 Å². The standard InChI is InChI=1S/C14H14Cl2N2O/c1-9-6-10(4-5-17)8-18-14(9)19-11-2-3-12(15)13(16)7-11/h2-3,6-8H,4-5,17H2,1H3. The Balaban J connectivity index is 2.20. The molecule has 1 heterocycles. The maximum Gasteiger partial charge on any atom is 0.222 e. The fraction of sp³-hybridized carbons (Fsp3) is 0.214. The van der Waals surface area contributed by atoms with E-state index in [0.29, 0.717) is 28.2 Å². The smallest absolute Gasteiger partial charge is 0.222 e. The lowest BCUT2D eigenvalue weighted by atomic mass is 10.1. The van der Waals surface area contributed by atoms with Crippen molar-refractivity contribution in [3.05, 3.63) is 51.6 Å². The van der Waals surface area contributed by atoms with E-state index < -0.39 is 0 Å². The molecule has 0 aliphatic heterocycles. The van der Waals surface area contributed by atoms with E-state index in [1.165, 1.54) is 0 Å². The lowest BCUT2D eigenvalue weighted by Crippen LogP contribution is -2.03. The van der Waals surface area contributed by atoms with Crippen LogP contribution in [0.2, 0.25) is 10.0 Å². The third-order valence-corrected chi connectivity index (χ3v) is 3.36. The summed E-state index contributed by atoms with van der Waals surface area (Å²) in [5.41, 5.74) is 7.57. The molecule has 2 aromatic rings. The van der Waals surface area contributed by atoms with E-state index in [2.05, 4.69) is 4.98 Å². The molecule has 0 aliphatic carbocycles. The van der Waals surface area contributed by atoms with E-state index in [9.17, 15) is 0 Å². The Bertz CT molecular complexity index is 588. The van der Waals surface area contributed by atoms with E-state index in [1.54, 1.807) is 24.4 Å². The number of hydrogen-bond acceptors (Lipinski definition) is 3. The molecule has 19 heavy (non-hydrogen) atoms. The highest BCUT2D eigenvalue weighted by Crippen LogP contribution is 2.29. The highest BCUT2D eigenvalue weighted by atomic mass is 35.5. The van der Waals surface area contributed by atoms with Crippen LogP contribution in [0.5, 0.6) is 11.6 Å². The number of nitrogens with two attached hydrogens (primary N) is 1. The van der Waals surface area contributed by atoms with Crippen molar-refractivity contribution >= 4 is 23.2 Å². The van der Waals surface area contributed by atoms with Crippen LogP contribution in [0.3, 0.4) is 0 Å². The van der Waals surface area contributed by atoms with Crippen LogP contribution in [0.15, 0.2) is 30.5 Å². The Kier molecular flexibility index (Phi) is 4.64. The molecule has 3 nitrogen and oxygen atoms in total. The molecule has 100 valence electrons. The van der Waals surface area contributed by atoms with Gasteiger partial charge in [0.05, 0.1) is 10.0 Å². The average molecular weight is 297 g/mol. The molecule has 0 aliphatic rings. The first-order chi connectivity index (χ1) is 9.10. The molecular formula is C14H14Cl2N2O. The molecule has 0 atom stereocenters. The Morgan fingerprint density at radius 2 is 2.00 bits per heavy atom. The van der Waals surface area contributed by atoms with Crippen molar-refractivity contribution in [1.29, 1.82) is 0 Å². The second-order valence-corrected chi connectivity index (χ2v) is 5.00. The Morgan fingerprint density at radius 3 is 2.63 bits per heavy atom. The SMILES string of the molecule is Cc1cc(CCN)cnc1Oc1ccc(Cl)c(Cl)c1. The molecule has 0 spiro atoms. The van der Waals surface area contributed by atoms with Gasteiger partial charge in [0.25, 0.3) is 0 Å². The van der Waals surface area contributed by atoms with E-state index in [4.69, 9.17) is 33.7 Å². The van der Waals surface area contributed by atoms with Crippen LogP contribution in [-0.2, 0) is 6.42 Å². The first-order valence-electron chi connectivity index (χ1n) is 5.88. The second kappa shape index (κ2) is 6.24. The van der Waals surface area contributed by atoms with Crippen LogP contribution in [0, 0.1) is 6.92 Å². The summed E-state index contributed by atoms with van der Waals surface area (Å²) in [4.78, 5) is 4.29. The molecule has 0 saturated carbocycles. The van der Waals surface area contributed by atoms with Gasteiger partial charge >= 0.3 is 0 Å². The van der Waals surface area contributed by atoms with Crippen LogP contribution >= 0.6 is 23.2 Å². The topological polar surface area (TPSA) is 48.1 Å². The molecule has 0 unspecified atom stereocenters. The summed E-state index contributed by atoms with van der Waals surface area (Å²) in [5.74, 6) is 1.16. The van der Waals surface area contributed by atoms with Crippen LogP contribution in [0.1, 0.15) is 11.1 Å². The van der Waals surface area contributed by atoms with Gasteiger partial charge in [-0.15, -0.1) is 0 Å². The van der Waals surface area contributed by atoms with Crippen molar-refractivity contribution < 1.29 is 4.74 Å². The zero-order valence-corrected chi connectivity index (χ0v) is 12.0. The van der Waals surface area contributed by atoms with Crippen LogP contribution in [0.4, 0.5) is 0 Å². The number of aryl methyl sites for hydroxylation is 1. The van der Waals surface area contributed by atoms with E-state index in [1.807, 2.05) is 13.0 Å². The number of ether oxygens (including phenoxy) is 1. The van der Waals surface area contributed by atoms with Gasteiger partial charge in [-0.1, -0.05) is 23.2 Å². The van der Waals surface area contributed by atoms with Crippen molar-refractivity contribution in [3.8, 4) is 11.6 Å². The van der Waals surface area contributed by atoms with E-state index >= 15 is 0 Å². The largest absolute Gasteiger partial charge is 0.439 e. The van der Waals surface area contributed by atoms with Gasteiger partial charge in [-0.2, -0.15) is 0 Å². The number of pyridine rings is 1. The summed E-state index contributed by atoms with van der Waals surface area (Å²) < 4.78 is 5.69. The predicted molar refractivity (Wildman–Crippen MR) is 78.3 cm³/mol. The summed E-state index contributed by atoms with van der Waals surface area (Å²) in [6.45, 7) is 2.55. The highest BCUT2D eigenvalue weighted by Gasteiger charge is 2.06. The molecule has 0 fully saturated rings. The summed E-state index contributed by atoms with van der Waals surface area (Å²) in [6, 6.07) is 7.13. The summed E-state index contributed by atoms with van der Waals surface area (Å²) in [6.07, 6.45) is 2.58. The quantitative estimate of drug-likeness (QED) is 0.928. The monoisotopic (exact) mass is 296 g/mol. The first kappa shape index (κ1) is 14.1. The maximum absolute atomic E-state index is 5.94. The van der Waals surface area contributed by atoms with Crippen LogP contribution < -0.4 is 10.5 Å². The molecular weight excluding hydrogens is 283 g/mol. The lowest BCUT2D eigenvalue weighted by molar-refractivity contribution is 0.458. The maximum atomic E-state index is 5.94. The third kappa shape index (κ3) is 3.60. The fourth-order valence-electron chi connectivity index (χ4n) is 1.68. The Morgan fingerprint density at radius 1 is 1.21 bits per heavy atom. The van der Waals surface area contributed by atoms with Gasteiger partial charge in [-0.05, 0) is 43.7 Å². The third-order valence-electron chi connectivity index (χ3n) is 2.63. The lowest BCUT2D eigenvalue weighted by Gasteiger charge is -2.09.